The summed E-state index contributed by atoms with van der Waals surface area (Å²) >= 11 is 0. The molecule has 1 heterocycles. The van der Waals surface area contributed by atoms with Crippen LogP contribution < -0.4 is 18.9 Å². The Kier molecular flexibility index (Phi) is 3.90. The molecular weight excluding hydrogens is 144 g/mol. The Morgan fingerprint density at radius 1 is 1.36 bits per heavy atom. The standard InChI is InChI=1S/C7H15BNSi.Li/c1-8-6-5-7-9(8)10(2,3)4;/h5-7H,1-4H3;/q-1;+1. The normalized spacial score (nSPS) is 16.4. The molecule has 1 nitrogen and oxygen atoms in total. The molecule has 1 aliphatic rings. The van der Waals surface area contributed by atoms with E-state index in [0.29, 0.717) is 6.85 Å². The van der Waals surface area contributed by atoms with Crippen molar-refractivity contribution in [1.82, 2.24) is 4.48 Å². The van der Waals surface area contributed by atoms with Crippen molar-refractivity contribution in [1.29, 1.82) is 0 Å². The third-order valence-electron chi connectivity index (χ3n) is 1.85. The van der Waals surface area contributed by atoms with Crippen LogP contribution in [0, 0.1) is 6.32 Å². The van der Waals surface area contributed by atoms with Crippen LogP contribution >= 0.6 is 0 Å². The van der Waals surface area contributed by atoms with Crippen LogP contribution in [-0.4, -0.2) is 19.6 Å². The molecule has 11 heavy (non-hydrogen) atoms. The fourth-order valence-corrected chi connectivity index (χ4v) is 3.21. The van der Waals surface area contributed by atoms with Gasteiger partial charge in [-0.2, -0.15) is 6.20 Å². The van der Waals surface area contributed by atoms with Gasteiger partial charge in [-0.15, -0.1) is 0 Å². The molecule has 0 unspecified atom stereocenters. The maximum absolute atomic E-state index is 2.49. The molecule has 0 saturated carbocycles. The Morgan fingerprint density at radius 2 is 1.91 bits per heavy atom. The number of rotatable bonds is 1. The Balaban J connectivity index is 0.000001000. The molecule has 0 aromatic rings. The maximum atomic E-state index is 2.49. The van der Waals surface area contributed by atoms with E-state index in [4.69, 9.17) is 0 Å². The van der Waals surface area contributed by atoms with E-state index in [0.717, 1.165) is 0 Å². The fraction of sp³-hybridized carbons (Fsp3) is 0.571. The van der Waals surface area contributed by atoms with Crippen LogP contribution in [0.15, 0.2) is 12.3 Å². The third-order valence-corrected chi connectivity index (χ3v) is 3.96. The van der Waals surface area contributed by atoms with Gasteiger partial charge in [-0.05, 0) is 0 Å². The van der Waals surface area contributed by atoms with Gasteiger partial charge in [0.2, 0.25) is 0 Å². The molecule has 0 aromatic heterocycles. The molecule has 1 aliphatic heterocycles. The van der Waals surface area contributed by atoms with E-state index >= 15 is 0 Å². The molecule has 0 atom stereocenters. The molecule has 4 heteroatoms. The summed E-state index contributed by atoms with van der Waals surface area (Å²) in [6.07, 6.45) is 6.62. The minimum atomic E-state index is -1.07. The van der Waals surface area contributed by atoms with Gasteiger partial charge in [0.1, 0.15) is 15.1 Å². The smallest absolute Gasteiger partial charge is 0.540 e. The molecule has 0 spiro atoms. The van der Waals surface area contributed by atoms with Gasteiger partial charge in [0.15, 0.2) is 0 Å². The number of allylic oxidation sites excluding steroid dienone is 1. The van der Waals surface area contributed by atoms with Crippen LogP contribution in [0.2, 0.25) is 26.5 Å². The minimum absolute atomic E-state index is 0. The van der Waals surface area contributed by atoms with E-state index in [1.165, 1.54) is 0 Å². The van der Waals surface area contributed by atoms with Gasteiger partial charge in [-0.25, -0.2) is 12.4 Å². The Hall–Kier alpha value is 0.289. The summed E-state index contributed by atoms with van der Waals surface area (Å²) in [7, 11) is -1.07. The first kappa shape index (κ1) is 11.3. The second kappa shape index (κ2) is 3.80. The zero-order valence-electron chi connectivity index (χ0n) is 8.26. The molecule has 0 aliphatic carbocycles. The average Bonchev–Trinajstić information content (AvgIpc) is 2.11. The van der Waals surface area contributed by atoms with Crippen LogP contribution in [0.3, 0.4) is 0 Å². The largest absolute Gasteiger partial charge is 1.00 e. The fourth-order valence-electron chi connectivity index (χ4n) is 1.37. The molecular formula is C7H15BLiNSi. The van der Waals surface area contributed by atoms with Crippen LogP contribution in [-0.2, 0) is 0 Å². The Labute approximate surface area is 83.6 Å². The van der Waals surface area contributed by atoms with Crippen molar-refractivity contribution >= 4 is 15.1 Å². The third kappa shape index (κ3) is 2.66. The van der Waals surface area contributed by atoms with Gasteiger partial charge in [0, 0.05) is 0 Å². The summed E-state index contributed by atoms with van der Waals surface area (Å²) in [4.78, 5) is 0. The first-order valence-corrected chi connectivity index (χ1v) is 7.26. The first-order valence-electron chi connectivity index (χ1n) is 3.82. The Morgan fingerprint density at radius 3 is 2.09 bits per heavy atom. The molecule has 0 aromatic carbocycles. The monoisotopic (exact) mass is 159 g/mol. The predicted molar refractivity (Wildman–Crippen MR) is 50.2 cm³/mol. The molecule has 0 bridgehead atoms. The zero-order chi connectivity index (χ0) is 7.78. The van der Waals surface area contributed by atoms with Crippen LogP contribution in [0.1, 0.15) is 0 Å². The number of hydrogen-bond donors (Lipinski definition) is 0. The quantitative estimate of drug-likeness (QED) is 0.351. The summed E-state index contributed by atoms with van der Waals surface area (Å²) in [5.41, 5.74) is 0. The van der Waals surface area contributed by atoms with Crippen LogP contribution in [0.25, 0.3) is 0 Å². The number of nitrogens with zero attached hydrogens (tertiary/aromatic N) is 1. The van der Waals surface area contributed by atoms with Crippen molar-refractivity contribution in [2.24, 2.45) is 0 Å². The maximum Gasteiger partial charge on any atom is 1.00 e. The van der Waals surface area contributed by atoms with Gasteiger partial charge in [-0.1, -0.05) is 26.5 Å². The minimum Gasteiger partial charge on any atom is -0.540 e. The molecule has 0 radical (unpaired) electrons. The molecule has 0 fully saturated rings. The van der Waals surface area contributed by atoms with Crippen molar-refractivity contribution < 1.29 is 18.9 Å². The van der Waals surface area contributed by atoms with Crippen molar-refractivity contribution in [3.63, 3.8) is 0 Å². The molecule has 1 rings (SSSR count). The summed E-state index contributed by atoms with van der Waals surface area (Å²) in [5, 5.41) is 0. The molecule has 0 N–H and O–H groups in total. The van der Waals surface area contributed by atoms with E-state index in [1.54, 1.807) is 0 Å². The van der Waals surface area contributed by atoms with Crippen molar-refractivity contribution in [2.45, 2.75) is 26.5 Å². The van der Waals surface area contributed by atoms with E-state index < -0.39 is 8.24 Å². The first-order chi connectivity index (χ1) is 4.52. The zero-order valence-corrected chi connectivity index (χ0v) is 9.26. The van der Waals surface area contributed by atoms with E-state index in [1.807, 2.05) is 0 Å². The van der Waals surface area contributed by atoms with Gasteiger partial charge >= 0.3 is 18.9 Å². The van der Waals surface area contributed by atoms with Gasteiger partial charge in [0.05, 0.1) is 0 Å². The second-order valence-electron chi connectivity index (χ2n) is 3.85. The molecule has 0 amide bonds. The Bertz CT molecular complexity index is 155. The average molecular weight is 159 g/mol. The van der Waals surface area contributed by atoms with Gasteiger partial charge < -0.3 is 4.48 Å². The van der Waals surface area contributed by atoms with Crippen LogP contribution in [0.5, 0.6) is 0 Å². The molecule has 56 valence electrons. The summed E-state index contributed by atoms with van der Waals surface area (Å²) in [5.74, 6) is 0. The van der Waals surface area contributed by atoms with E-state index in [9.17, 15) is 0 Å². The van der Waals surface area contributed by atoms with Gasteiger partial charge in [-0.3, -0.25) is 0 Å². The summed E-state index contributed by atoms with van der Waals surface area (Å²) in [6.45, 7) is 9.98. The van der Waals surface area contributed by atoms with Crippen molar-refractivity contribution in [2.75, 3.05) is 0 Å². The second-order valence-corrected chi connectivity index (χ2v) is 8.71. The summed E-state index contributed by atoms with van der Waals surface area (Å²) < 4.78 is 2.49. The molecule has 0 saturated heterocycles. The van der Waals surface area contributed by atoms with Crippen molar-refractivity contribution in [3.05, 3.63) is 18.6 Å². The van der Waals surface area contributed by atoms with E-state index in [2.05, 4.69) is 49.5 Å². The van der Waals surface area contributed by atoms with Crippen molar-refractivity contribution in [3.8, 4) is 0 Å². The predicted octanol–water partition coefficient (Wildman–Crippen LogP) is -0.981. The topological polar surface area (TPSA) is 3.24 Å². The SMILES string of the molecule is CB1[CH-]C=CN1[Si](C)(C)C.[Li+]. The number of hydrogen-bond acceptors (Lipinski definition) is 1. The van der Waals surface area contributed by atoms with E-state index in [-0.39, 0.29) is 18.9 Å². The van der Waals surface area contributed by atoms with Crippen LogP contribution in [0.4, 0.5) is 0 Å². The van der Waals surface area contributed by atoms with Gasteiger partial charge in [0.25, 0.3) is 0 Å². The summed E-state index contributed by atoms with van der Waals surface area (Å²) in [6, 6.07) is 0.